The first-order valence-electron chi connectivity index (χ1n) is 17.7. The van der Waals surface area contributed by atoms with Crippen molar-refractivity contribution in [1.29, 1.82) is 0 Å². The minimum atomic E-state index is 0.615. The largest absolute Gasteiger partial charge is 0.307 e. The Kier molecular flexibility index (Phi) is 6.42. The Morgan fingerprint density at radius 2 is 0.906 bits per heavy atom. The zero-order valence-corrected chi connectivity index (χ0v) is 28.4. The van der Waals surface area contributed by atoms with E-state index < -0.39 is 0 Å². The molecule has 11 aromatic rings. The second-order valence-corrected chi connectivity index (χ2v) is 13.2. The van der Waals surface area contributed by atoms with Gasteiger partial charge in [-0.3, -0.25) is 8.97 Å². The van der Waals surface area contributed by atoms with Gasteiger partial charge in [0.05, 0.1) is 33.1 Å². The first kappa shape index (κ1) is 29.4. The van der Waals surface area contributed by atoms with Crippen molar-refractivity contribution in [3.8, 4) is 45.5 Å². The van der Waals surface area contributed by atoms with Gasteiger partial charge in [0.2, 0.25) is 5.78 Å². The molecular weight excluding hydrogens is 651 g/mol. The van der Waals surface area contributed by atoms with E-state index in [2.05, 4.69) is 129 Å². The Bertz CT molecular complexity index is 3100. The summed E-state index contributed by atoms with van der Waals surface area (Å²) in [6.07, 6.45) is 0. The zero-order chi connectivity index (χ0) is 34.9. The van der Waals surface area contributed by atoms with E-state index in [1.807, 2.05) is 60.7 Å². The van der Waals surface area contributed by atoms with Crippen LogP contribution in [0.25, 0.3) is 95.2 Å². The van der Waals surface area contributed by atoms with E-state index in [-0.39, 0.29) is 0 Å². The first-order chi connectivity index (χ1) is 26.3. The highest BCUT2D eigenvalue weighted by atomic mass is 15.2. The van der Waals surface area contributed by atoms with Crippen LogP contribution in [0.3, 0.4) is 0 Å². The number of imidazole rings is 2. The fraction of sp³-hybridized carbons (Fsp3) is 0. The van der Waals surface area contributed by atoms with E-state index in [0.717, 1.165) is 66.9 Å². The van der Waals surface area contributed by atoms with E-state index in [0.29, 0.717) is 17.5 Å². The molecule has 0 N–H and O–H groups in total. The van der Waals surface area contributed by atoms with Gasteiger partial charge in [0.15, 0.2) is 17.5 Å². The van der Waals surface area contributed by atoms with Gasteiger partial charge >= 0.3 is 0 Å². The van der Waals surface area contributed by atoms with Gasteiger partial charge in [-0.25, -0.2) is 19.9 Å². The lowest BCUT2D eigenvalue weighted by Gasteiger charge is -2.12. The van der Waals surface area contributed by atoms with Crippen molar-refractivity contribution < 1.29 is 0 Å². The van der Waals surface area contributed by atoms with Crippen LogP contribution in [-0.4, -0.2) is 33.5 Å². The van der Waals surface area contributed by atoms with Gasteiger partial charge in [0, 0.05) is 38.8 Å². The van der Waals surface area contributed by atoms with Crippen LogP contribution in [0.2, 0.25) is 0 Å². The highest BCUT2D eigenvalue weighted by Crippen LogP contribution is 2.40. The third-order valence-corrected chi connectivity index (χ3v) is 10.1. The normalized spacial score (nSPS) is 11.8. The molecule has 0 fully saturated rings. The van der Waals surface area contributed by atoms with Crippen molar-refractivity contribution in [3.63, 3.8) is 0 Å². The highest BCUT2D eigenvalue weighted by molar-refractivity contribution is 6.18. The summed E-state index contributed by atoms with van der Waals surface area (Å²) in [5, 5.41) is 2.35. The fourth-order valence-corrected chi connectivity index (χ4v) is 7.74. The van der Waals surface area contributed by atoms with Gasteiger partial charge in [0.25, 0.3) is 0 Å². The van der Waals surface area contributed by atoms with Crippen LogP contribution in [0.1, 0.15) is 0 Å². The van der Waals surface area contributed by atoms with Gasteiger partial charge in [-0.2, -0.15) is 0 Å². The molecule has 0 saturated heterocycles. The van der Waals surface area contributed by atoms with Crippen molar-refractivity contribution in [2.75, 3.05) is 0 Å². The van der Waals surface area contributed by atoms with Crippen molar-refractivity contribution in [2.45, 2.75) is 0 Å². The Labute approximate surface area is 303 Å². The number of hydrogen-bond acceptors (Lipinski definition) is 4. The quantitative estimate of drug-likeness (QED) is 0.182. The fourth-order valence-electron chi connectivity index (χ4n) is 7.74. The molecule has 0 amide bonds. The van der Waals surface area contributed by atoms with E-state index >= 15 is 0 Å². The smallest absolute Gasteiger partial charge is 0.220 e. The van der Waals surface area contributed by atoms with E-state index in [4.69, 9.17) is 19.9 Å². The number of nitrogens with zero attached hydrogens (tertiary/aromatic N) is 7. The van der Waals surface area contributed by atoms with Crippen LogP contribution in [0.15, 0.2) is 176 Å². The van der Waals surface area contributed by atoms with Gasteiger partial charge < -0.3 is 4.57 Å². The number of para-hydroxylation sites is 4. The number of benzene rings is 7. The van der Waals surface area contributed by atoms with Gasteiger partial charge in [-0.15, -0.1) is 0 Å². The lowest BCUT2D eigenvalue weighted by Crippen LogP contribution is -2.01. The predicted octanol–water partition coefficient (Wildman–Crippen LogP) is 10.7. The third-order valence-electron chi connectivity index (χ3n) is 10.1. The van der Waals surface area contributed by atoms with Crippen LogP contribution in [0.4, 0.5) is 0 Å². The minimum Gasteiger partial charge on any atom is -0.307 e. The van der Waals surface area contributed by atoms with Crippen LogP contribution >= 0.6 is 0 Å². The minimum absolute atomic E-state index is 0.615. The molecule has 11 rings (SSSR count). The molecular formula is C46H29N7. The van der Waals surface area contributed by atoms with Crippen LogP contribution in [0.5, 0.6) is 0 Å². The molecule has 0 unspecified atom stereocenters. The maximum atomic E-state index is 5.21. The Morgan fingerprint density at radius 3 is 1.62 bits per heavy atom. The summed E-state index contributed by atoms with van der Waals surface area (Å²) in [5.74, 6) is 2.76. The average Bonchev–Trinajstić information content (AvgIpc) is 3.88. The summed E-state index contributed by atoms with van der Waals surface area (Å²) >= 11 is 0. The van der Waals surface area contributed by atoms with Crippen LogP contribution in [0, 0.1) is 0 Å². The Hall–Kier alpha value is -7.38. The molecule has 0 bridgehead atoms. The van der Waals surface area contributed by atoms with Crippen molar-refractivity contribution in [3.05, 3.63) is 176 Å². The van der Waals surface area contributed by atoms with E-state index in [1.54, 1.807) is 0 Å². The number of fused-ring (bicyclic) bond motifs is 9. The first-order valence-corrected chi connectivity index (χ1v) is 17.7. The van der Waals surface area contributed by atoms with Crippen molar-refractivity contribution >= 4 is 49.7 Å². The molecule has 7 aromatic carbocycles. The number of aromatic nitrogens is 7. The highest BCUT2D eigenvalue weighted by Gasteiger charge is 2.24. The molecule has 0 saturated carbocycles. The molecule has 0 aliphatic rings. The lowest BCUT2D eigenvalue weighted by atomic mass is 10.1. The predicted molar refractivity (Wildman–Crippen MR) is 214 cm³/mol. The van der Waals surface area contributed by atoms with E-state index in [1.165, 1.54) is 10.8 Å². The summed E-state index contributed by atoms with van der Waals surface area (Å²) in [7, 11) is 0. The summed E-state index contributed by atoms with van der Waals surface area (Å²) in [6.45, 7) is 0. The maximum Gasteiger partial charge on any atom is 0.220 e. The Balaban J connectivity index is 1.22. The van der Waals surface area contributed by atoms with Crippen LogP contribution < -0.4 is 0 Å². The standard InChI is InChI=1S/C46H29N7/c1-4-15-30(16-5-1)43-48-44(31-17-6-2-7-18-31)50-45(49-43)32-19-14-22-34(29-32)51-38-25-12-10-23-35(38)36-27-28-40-42(41(36)51)53-39-26-13-11-24-37(39)47-46(53)52(40)33-20-8-3-9-21-33/h1-29H. The molecule has 4 aromatic heterocycles. The molecule has 0 spiro atoms. The van der Waals surface area contributed by atoms with Gasteiger partial charge in [-0.05, 0) is 54.6 Å². The molecule has 53 heavy (non-hydrogen) atoms. The molecule has 0 aliphatic carbocycles. The van der Waals surface area contributed by atoms with Crippen LogP contribution in [-0.2, 0) is 0 Å². The topological polar surface area (TPSA) is 65.8 Å². The second-order valence-electron chi connectivity index (χ2n) is 13.2. The summed E-state index contributed by atoms with van der Waals surface area (Å²) < 4.78 is 6.98. The molecule has 7 heteroatoms. The Morgan fingerprint density at radius 1 is 0.340 bits per heavy atom. The maximum absolute atomic E-state index is 5.21. The average molecular weight is 680 g/mol. The molecule has 0 atom stereocenters. The molecule has 7 nitrogen and oxygen atoms in total. The molecule has 4 heterocycles. The molecule has 0 aliphatic heterocycles. The molecule has 0 radical (unpaired) electrons. The SMILES string of the molecule is c1ccc(-c2nc(-c3ccccc3)nc(-c3cccc(-n4c5ccccc5c5ccc6c(c54)n4c5ccccc5nc4n6-c4ccccc4)c3)n2)cc1. The number of rotatable bonds is 5. The lowest BCUT2D eigenvalue weighted by molar-refractivity contribution is 1.07. The summed E-state index contributed by atoms with van der Waals surface area (Å²) in [5.41, 5.74) is 11.3. The molecule has 248 valence electrons. The monoisotopic (exact) mass is 679 g/mol. The second kappa shape index (κ2) is 11.6. The summed E-state index contributed by atoms with van der Waals surface area (Å²) in [6, 6.07) is 60.8. The van der Waals surface area contributed by atoms with Gasteiger partial charge in [-0.1, -0.05) is 121 Å². The summed E-state index contributed by atoms with van der Waals surface area (Å²) in [4.78, 5) is 20.2. The van der Waals surface area contributed by atoms with Crippen molar-refractivity contribution in [1.82, 2.24) is 33.5 Å². The van der Waals surface area contributed by atoms with Crippen molar-refractivity contribution in [2.24, 2.45) is 0 Å². The van der Waals surface area contributed by atoms with Gasteiger partial charge in [0.1, 0.15) is 0 Å². The zero-order valence-electron chi connectivity index (χ0n) is 28.4. The van der Waals surface area contributed by atoms with E-state index in [9.17, 15) is 0 Å². The third kappa shape index (κ3) is 4.54. The number of hydrogen-bond donors (Lipinski definition) is 0.